The second-order valence-electron chi connectivity index (χ2n) is 3.69. The SMILES string of the molecule is O=c1[nH]cnc2c1sc1c(C(F)(F)F)cccc12. The van der Waals surface area contributed by atoms with Crippen molar-refractivity contribution in [3.63, 3.8) is 0 Å². The Morgan fingerprint density at radius 1 is 1.22 bits per heavy atom. The molecule has 92 valence electrons. The van der Waals surface area contributed by atoms with Gasteiger partial charge in [0, 0.05) is 10.1 Å². The highest BCUT2D eigenvalue weighted by atomic mass is 32.1. The number of aromatic amines is 1. The van der Waals surface area contributed by atoms with Gasteiger partial charge in [0.1, 0.15) is 4.70 Å². The molecule has 0 fully saturated rings. The van der Waals surface area contributed by atoms with E-state index in [4.69, 9.17) is 0 Å². The van der Waals surface area contributed by atoms with Gasteiger partial charge in [-0.15, -0.1) is 11.3 Å². The van der Waals surface area contributed by atoms with E-state index in [1.807, 2.05) is 0 Å². The maximum absolute atomic E-state index is 12.8. The maximum atomic E-state index is 12.8. The average molecular weight is 270 g/mol. The third-order valence-electron chi connectivity index (χ3n) is 2.59. The second-order valence-corrected chi connectivity index (χ2v) is 4.71. The van der Waals surface area contributed by atoms with E-state index < -0.39 is 17.3 Å². The summed E-state index contributed by atoms with van der Waals surface area (Å²) in [6.45, 7) is 0. The highest BCUT2D eigenvalue weighted by Crippen LogP contribution is 2.40. The molecule has 0 unspecified atom stereocenters. The summed E-state index contributed by atoms with van der Waals surface area (Å²) in [6, 6.07) is 3.86. The van der Waals surface area contributed by atoms with Crippen LogP contribution in [-0.2, 0) is 6.18 Å². The van der Waals surface area contributed by atoms with Crippen LogP contribution in [0.4, 0.5) is 13.2 Å². The Balaban J connectivity index is 2.54. The summed E-state index contributed by atoms with van der Waals surface area (Å²) in [7, 11) is 0. The van der Waals surface area contributed by atoms with Crippen molar-refractivity contribution in [3.05, 3.63) is 40.4 Å². The van der Waals surface area contributed by atoms with E-state index in [9.17, 15) is 18.0 Å². The van der Waals surface area contributed by atoms with E-state index in [1.165, 1.54) is 18.5 Å². The first-order valence-corrected chi connectivity index (χ1v) is 5.76. The van der Waals surface area contributed by atoms with Crippen molar-refractivity contribution in [1.82, 2.24) is 9.97 Å². The van der Waals surface area contributed by atoms with Crippen molar-refractivity contribution in [1.29, 1.82) is 0 Å². The molecule has 0 aliphatic heterocycles. The highest BCUT2D eigenvalue weighted by Gasteiger charge is 2.33. The highest BCUT2D eigenvalue weighted by molar-refractivity contribution is 7.25. The van der Waals surface area contributed by atoms with E-state index in [0.717, 1.165) is 17.4 Å². The molecular weight excluding hydrogens is 265 g/mol. The number of alkyl halides is 3. The summed E-state index contributed by atoms with van der Waals surface area (Å²) in [6.07, 6.45) is -3.25. The summed E-state index contributed by atoms with van der Waals surface area (Å²) >= 11 is 0.816. The molecule has 0 saturated carbocycles. The number of nitrogens with one attached hydrogen (secondary N) is 1. The van der Waals surface area contributed by atoms with E-state index in [0.29, 0.717) is 10.9 Å². The standard InChI is InChI=1S/C11H5F3N2OS/c12-11(13,14)6-3-1-2-5-7-9(18-8(5)6)10(17)16-4-15-7/h1-4H,(H,15,16,17). The van der Waals surface area contributed by atoms with Crippen LogP contribution in [0.2, 0.25) is 0 Å². The number of thiophene rings is 1. The van der Waals surface area contributed by atoms with Crippen molar-refractivity contribution < 1.29 is 13.2 Å². The van der Waals surface area contributed by atoms with Crippen molar-refractivity contribution in [2.45, 2.75) is 6.18 Å². The van der Waals surface area contributed by atoms with E-state index in [-0.39, 0.29) is 9.40 Å². The van der Waals surface area contributed by atoms with E-state index in [2.05, 4.69) is 9.97 Å². The molecule has 3 aromatic rings. The largest absolute Gasteiger partial charge is 0.417 e. The van der Waals surface area contributed by atoms with Gasteiger partial charge in [0.2, 0.25) is 0 Å². The quantitative estimate of drug-likeness (QED) is 0.682. The lowest BCUT2D eigenvalue weighted by Gasteiger charge is -2.06. The van der Waals surface area contributed by atoms with Gasteiger partial charge in [0.05, 0.1) is 17.4 Å². The minimum absolute atomic E-state index is 0.0456. The third-order valence-corrected chi connectivity index (χ3v) is 3.82. The molecule has 3 nitrogen and oxygen atoms in total. The molecule has 1 N–H and O–H groups in total. The Bertz CT molecular complexity index is 803. The van der Waals surface area contributed by atoms with Gasteiger partial charge in [-0.1, -0.05) is 12.1 Å². The van der Waals surface area contributed by atoms with Gasteiger partial charge in [0.15, 0.2) is 0 Å². The van der Waals surface area contributed by atoms with Gasteiger partial charge < -0.3 is 4.98 Å². The van der Waals surface area contributed by atoms with Gasteiger partial charge in [-0.3, -0.25) is 4.79 Å². The number of fused-ring (bicyclic) bond motifs is 3. The van der Waals surface area contributed by atoms with Crippen LogP contribution in [0, 0.1) is 0 Å². The molecule has 18 heavy (non-hydrogen) atoms. The first-order valence-electron chi connectivity index (χ1n) is 4.94. The number of H-pyrrole nitrogens is 1. The van der Waals surface area contributed by atoms with Crippen LogP contribution < -0.4 is 5.56 Å². The molecule has 0 radical (unpaired) electrons. The predicted octanol–water partition coefficient (Wildman–Crippen LogP) is 3.16. The fourth-order valence-electron chi connectivity index (χ4n) is 1.83. The molecule has 0 aliphatic carbocycles. The summed E-state index contributed by atoms with van der Waals surface area (Å²) in [4.78, 5) is 17.8. The molecule has 2 heterocycles. The van der Waals surface area contributed by atoms with Crippen molar-refractivity contribution in [2.75, 3.05) is 0 Å². The summed E-state index contributed by atoms with van der Waals surface area (Å²) in [5, 5.41) is 0.357. The smallest absolute Gasteiger partial charge is 0.312 e. The average Bonchev–Trinajstić information content (AvgIpc) is 2.68. The van der Waals surface area contributed by atoms with E-state index in [1.54, 1.807) is 0 Å². The van der Waals surface area contributed by atoms with E-state index >= 15 is 0 Å². The number of rotatable bonds is 0. The molecule has 0 bridgehead atoms. The third kappa shape index (κ3) is 1.51. The molecule has 0 saturated heterocycles. The van der Waals surface area contributed by atoms with Crippen LogP contribution in [0.3, 0.4) is 0 Å². The minimum atomic E-state index is -4.44. The molecule has 3 rings (SSSR count). The summed E-state index contributed by atoms with van der Waals surface area (Å²) in [5.41, 5.74) is -0.846. The van der Waals surface area contributed by atoms with Gasteiger partial charge >= 0.3 is 6.18 Å². The Morgan fingerprint density at radius 2 is 2.00 bits per heavy atom. The first-order chi connectivity index (χ1) is 8.48. The number of benzene rings is 1. The van der Waals surface area contributed by atoms with Crippen LogP contribution in [0.15, 0.2) is 29.3 Å². The van der Waals surface area contributed by atoms with Crippen molar-refractivity contribution >= 4 is 31.6 Å². The fraction of sp³-hybridized carbons (Fsp3) is 0.0909. The number of hydrogen-bond donors (Lipinski definition) is 1. The van der Waals surface area contributed by atoms with Gasteiger partial charge in [0.25, 0.3) is 5.56 Å². The van der Waals surface area contributed by atoms with Crippen LogP contribution >= 0.6 is 11.3 Å². The Morgan fingerprint density at radius 3 is 2.72 bits per heavy atom. The summed E-state index contributed by atoms with van der Waals surface area (Å²) < 4.78 is 38.8. The van der Waals surface area contributed by atoms with Crippen molar-refractivity contribution in [3.8, 4) is 0 Å². The molecule has 0 spiro atoms. The monoisotopic (exact) mass is 270 g/mol. The molecular formula is C11H5F3N2OS. The van der Waals surface area contributed by atoms with Gasteiger partial charge in [-0.25, -0.2) is 4.98 Å². The zero-order valence-corrected chi connectivity index (χ0v) is 9.52. The number of halogens is 3. The lowest BCUT2D eigenvalue weighted by molar-refractivity contribution is -0.136. The number of hydrogen-bond acceptors (Lipinski definition) is 3. The maximum Gasteiger partial charge on any atom is 0.417 e. The van der Waals surface area contributed by atoms with Crippen LogP contribution in [-0.4, -0.2) is 9.97 Å². The topological polar surface area (TPSA) is 45.8 Å². The summed E-state index contributed by atoms with van der Waals surface area (Å²) in [5.74, 6) is 0. The van der Waals surface area contributed by atoms with Crippen LogP contribution in [0.1, 0.15) is 5.56 Å². The Kier molecular flexibility index (Phi) is 2.21. The predicted molar refractivity (Wildman–Crippen MR) is 62.7 cm³/mol. The van der Waals surface area contributed by atoms with Crippen molar-refractivity contribution in [2.24, 2.45) is 0 Å². The molecule has 0 aliphatic rings. The minimum Gasteiger partial charge on any atom is -0.312 e. The molecule has 0 atom stereocenters. The first kappa shape index (κ1) is 11.2. The molecule has 0 amide bonds. The molecule has 7 heteroatoms. The van der Waals surface area contributed by atoms with Crippen LogP contribution in [0.5, 0.6) is 0 Å². The zero-order chi connectivity index (χ0) is 12.9. The normalized spacial score (nSPS) is 12.4. The Hall–Kier alpha value is -1.89. The zero-order valence-electron chi connectivity index (χ0n) is 8.71. The van der Waals surface area contributed by atoms with Gasteiger partial charge in [-0.05, 0) is 6.07 Å². The molecule has 2 aromatic heterocycles. The lowest BCUT2D eigenvalue weighted by Crippen LogP contribution is -2.04. The van der Waals surface area contributed by atoms with Crippen LogP contribution in [0.25, 0.3) is 20.3 Å². The fourth-order valence-corrected chi connectivity index (χ4v) is 3.02. The van der Waals surface area contributed by atoms with Gasteiger partial charge in [-0.2, -0.15) is 13.2 Å². The Labute approximate surface area is 102 Å². The lowest BCUT2D eigenvalue weighted by atomic mass is 10.1. The number of aromatic nitrogens is 2. The number of nitrogens with zero attached hydrogens (tertiary/aromatic N) is 1. The second kappa shape index (κ2) is 3.55. The molecule has 1 aromatic carbocycles.